The van der Waals surface area contributed by atoms with E-state index in [2.05, 4.69) is 4.74 Å². The summed E-state index contributed by atoms with van der Waals surface area (Å²) < 4.78 is 4.46. The van der Waals surface area contributed by atoms with Crippen LogP contribution in [-0.2, 0) is 18.0 Å². The van der Waals surface area contributed by atoms with E-state index >= 15 is 0 Å². The van der Waals surface area contributed by atoms with Gasteiger partial charge in [0.2, 0.25) is 0 Å². The first-order valence-corrected chi connectivity index (χ1v) is 4.65. The molecule has 17 heavy (non-hydrogen) atoms. The van der Waals surface area contributed by atoms with Crippen molar-refractivity contribution in [3.05, 3.63) is 38.9 Å². The molecule has 1 aromatic carbocycles. The van der Waals surface area contributed by atoms with Crippen molar-refractivity contribution in [2.75, 3.05) is 7.11 Å². The van der Waals surface area contributed by atoms with Crippen LogP contribution in [0.4, 0.5) is 5.69 Å². The number of hydrogen-bond donors (Lipinski definition) is 2. The van der Waals surface area contributed by atoms with E-state index in [4.69, 9.17) is 10.2 Å². The molecule has 0 fully saturated rings. The van der Waals surface area contributed by atoms with Crippen LogP contribution in [0.15, 0.2) is 12.1 Å². The molecule has 0 heterocycles. The number of esters is 1. The lowest BCUT2D eigenvalue weighted by molar-refractivity contribution is -0.386. The number of ether oxygens (including phenoxy) is 1. The van der Waals surface area contributed by atoms with Crippen LogP contribution in [0.5, 0.6) is 0 Å². The smallest absolute Gasteiger partial charge is 0.337 e. The van der Waals surface area contributed by atoms with Gasteiger partial charge in [-0.1, -0.05) is 0 Å². The van der Waals surface area contributed by atoms with E-state index in [0.29, 0.717) is 0 Å². The second-order valence-electron chi connectivity index (χ2n) is 3.21. The van der Waals surface area contributed by atoms with Crippen molar-refractivity contribution in [1.82, 2.24) is 0 Å². The Morgan fingerprint density at radius 2 is 1.82 bits per heavy atom. The lowest BCUT2D eigenvalue weighted by atomic mass is 10.0. The van der Waals surface area contributed by atoms with Gasteiger partial charge in [-0.2, -0.15) is 0 Å². The van der Waals surface area contributed by atoms with Crippen LogP contribution in [0, 0.1) is 10.1 Å². The highest BCUT2D eigenvalue weighted by Gasteiger charge is 2.22. The molecule has 2 N–H and O–H groups in total. The first-order chi connectivity index (χ1) is 8.04. The number of carbonyl (C=O) groups is 1. The normalized spacial score (nSPS) is 10.1. The SMILES string of the molecule is COC(=O)c1cc(CO)c([N+](=O)[O-])c(CO)c1. The molecule has 0 unspecified atom stereocenters. The lowest BCUT2D eigenvalue weighted by Gasteiger charge is -2.07. The van der Waals surface area contributed by atoms with Crippen molar-refractivity contribution < 1.29 is 24.7 Å². The summed E-state index contributed by atoms with van der Waals surface area (Å²) in [4.78, 5) is 21.3. The molecule has 1 aromatic rings. The summed E-state index contributed by atoms with van der Waals surface area (Å²) in [5.74, 6) is -0.690. The van der Waals surface area contributed by atoms with Crippen molar-refractivity contribution in [3.8, 4) is 0 Å². The van der Waals surface area contributed by atoms with Gasteiger partial charge in [-0.25, -0.2) is 4.79 Å². The molecule has 0 amide bonds. The van der Waals surface area contributed by atoms with Gasteiger partial charge in [-0.3, -0.25) is 10.1 Å². The van der Waals surface area contributed by atoms with Gasteiger partial charge in [0.25, 0.3) is 5.69 Å². The van der Waals surface area contributed by atoms with Gasteiger partial charge >= 0.3 is 5.97 Å². The number of rotatable bonds is 4. The fourth-order valence-electron chi connectivity index (χ4n) is 1.47. The third-order valence-corrected chi connectivity index (χ3v) is 2.21. The van der Waals surface area contributed by atoms with Crippen molar-refractivity contribution in [3.63, 3.8) is 0 Å². The van der Waals surface area contributed by atoms with E-state index < -0.39 is 24.1 Å². The van der Waals surface area contributed by atoms with Crippen LogP contribution in [0.1, 0.15) is 21.5 Å². The Labute approximate surface area is 96.4 Å². The molecule has 7 nitrogen and oxygen atoms in total. The van der Waals surface area contributed by atoms with E-state index in [1.807, 2.05) is 0 Å². The van der Waals surface area contributed by atoms with Crippen LogP contribution in [-0.4, -0.2) is 28.2 Å². The molecular formula is C10H11NO6. The Kier molecular flexibility index (Phi) is 4.13. The van der Waals surface area contributed by atoms with Crippen molar-refractivity contribution in [2.24, 2.45) is 0 Å². The van der Waals surface area contributed by atoms with E-state index in [0.717, 1.165) is 0 Å². The summed E-state index contributed by atoms with van der Waals surface area (Å²) in [7, 11) is 1.17. The molecule has 0 atom stereocenters. The van der Waals surface area contributed by atoms with Crippen molar-refractivity contribution in [1.29, 1.82) is 0 Å². The molecular weight excluding hydrogens is 230 g/mol. The number of aliphatic hydroxyl groups is 2. The molecule has 1 rings (SSSR count). The summed E-state index contributed by atoms with van der Waals surface area (Å²) in [5, 5.41) is 28.8. The van der Waals surface area contributed by atoms with Gasteiger partial charge in [-0.15, -0.1) is 0 Å². The van der Waals surface area contributed by atoms with E-state index in [9.17, 15) is 14.9 Å². The predicted octanol–water partition coefficient (Wildman–Crippen LogP) is 0.366. The Morgan fingerprint density at radius 1 is 1.35 bits per heavy atom. The Balaban J connectivity index is 3.44. The first kappa shape index (κ1) is 13.1. The average molecular weight is 241 g/mol. The Bertz CT molecular complexity index is 431. The maximum absolute atomic E-state index is 11.3. The molecule has 0 bridgehead atoms. The minimum Gasteiger partial charge on any atom is -0.465 e. The number of aliphatic hydroxyl groups excluding tert-OH is 2. The predicted molar refractivity (Wildman–Crippen MR) is 56.3 cm³/mol. The molecule has 0 aliphatic heterocycles. The zero-order chi connectivity index (χ0) is 13.0. The fourth-order valence-corrected chi connectivity index (χ4v) is 1.47. The zero-order valence-electron chi connectivity index (χ0n) is 9.04. The molecule has 0 saturated heterocycles. The third kappa shape index (κ3) is 2.58. The third-order valence-electron chi connectivity index (χ3n) is 2.21. The molecule has 92 valence electrons. The molecule has 0 radical (unpaired) electrons. The highest BCUT2D eigenvalue weighted by atomic mass is 16.6. The van der Waals surface area contributed by atoms with Gasteiger partial charge in [0, 0.05) is 0 Å². The van der Waals surface area contributed by atoms with Gasteiger partial charge in [-0.05, 0) is 12.1 Å². The summed E-state index contributed by atoms with van der Waals surface area (Å²) in [6.07, 6.45) is 0. The maximum Gasteiger partial charge on any atom is 0.337 e. The number of nitro groups is 1. The molecule has 0 aliphatic carbocycles. The minimum absolute atomic E-state index is 0.0399. The van der Waals surface area contributed by atoms with Crippen molar-refractivity contribution in [2.45, 2.75) is 13.2 Å². The lowest BCUT2D eigenvalue weighted by Crippen LogP contribution is -2.07. The van der Waals surface area contributed by atoms with E-state index in [1.54, 1.807) is 0 Å². The standard InChI is InChI=1S/C10H11NO6/c1-17-10(14)6-2-7(4-12)9(11(15)16)8(3-6)5-13/h2-3,12-13H,4-5H2,1H3. The minimum atomic E-state index is -0.710. The number of benzene rings is 1. The summed E-state index contributed by atoms with van der Waals surface area (Å²) >= 11 is 0. The highest BCUT2D eigenvalue weighted by Crippen LogP contribution is 2.26. The van der Waals surface area contributed by atoms with Crippen LogP contribution in [0.25, 0.3) is 0 Å². The van der Waals surface area contributed by atoms with Crippen LogP contribution >= 0.6 is 0 Å². The number of hydrogen-bond acceptors (Lipinski definition) is 6. The zero-order valence-corrected chi connectivity index (χ0v) is 9.04. The summed E-state index contributed by atoms with van der Waals surface area (Å²) in [5.41, 5.74) is -0.419. The van der Waals surface area contributed by atoms with Gasteiger partial charge < -0.3 is 14.9 Å². The average Bonchev–Trinajstić information content (AvgIpc) is 2.35. The van der Waals surface area contributed by atoms with Crippen LogP contribution in [0.2, 0.25) is 0 Å². The Hall–Kier alpha value is -1.99. The number of nitrogens with zero attached hydrogens (tertiary/aromatic N) is 1. The highest BCUT2D eigenvalue weighted by molar-refractivity contribution is 5.90. The number of carbonyl (C=O) groups excluding carboxylic acids is 1. The van der Waals surface area contributed by atoms with Gasteiger partial charge in [0.05, 0.1) is 41.9 Å². The number of methoxy groups -OCH3 is 1. The van der Waals surface area contributed by atoms with E-state index in [1.165, 1.54) is 19.2 Å². The summed E-state index contributed by atoms with van der Waals surface area (Å²) in [6.45, 7) is -1.21. The van der Waals surface area contributed by atoms with Gasteiger partial charge in [0.1, 0.15) is 0 Å². The number of nitro benzene ring substituents is 1. The maximum atomic E-state index is 11.3. The Morgan fingerprint density at radius 3 is 2.12 bits per heavy atom. The molecule has 0 saturated carbocycles. The molecule has 0 aliphatic rings. The van der Waals surface area contributed by atoms with Crippen LogP contribution in [0.3, 0.4) is 0 Å². The second kappa shape index (κ2) is 5.37. The van der Waals surface area contributed by atoms with E-state index in [-0.39, 0.29) is 22.4 Å². The van der Waals surface area contributed by atoms with Crippen LogP contribution < -0.4 is 0 Å². The largest absolute Gasteiger partial charge is 0.465 e. The first-order valence-electron chi connectivity index (χ1n) is 4.65. The molecule has 0 aromatic heterocycles. The molecule has 0 spiro atoms. The monoisotopic (exact) mass is 241 g/mol. The second-order valence-corrected chi connectivity index (χ2v) is 3.21. The topological polar surface area (TPSA) is 110 Å². The van der Waals surface area contributed by atoms with Crippen molar-refractivity contribution >= 4 is 11.7 Å². The molecule has 7 heteroatoms. The van der Waals surface area contributed by atoms with Gasteiger partial charge in [0.15, 0.2) is 0 Å². The fraction of sp³-hybridized carbons (Fsp3) is 0.300. The quantitative estimate of drug-likeness (QED) is 0.447. The summed E-state index contributed by atoms with van der Waals surface area (Å²) in [6, 6.07) is 2.34.